The van der Waals surface area contributed by atoms with Crippen molar-refractivity contribution in [3.05, 3.63) is 24.1 Å². The molecule has 0 aliphatic heterocycles. The Morgan fingerprint density at radius 2 is 2.37 bits per heavy atom. The van der Waals surface area contributed by atoms with E-state index in [2.05, 4.69) is 20.5 Å². The van der Waals surface area contributed by atoms with Crippen LogP contribution in [0.5, 0.6) is 0 Å². The zero-order chi connectivity index (χ0) is 13.2. The highest BCUT2D eigenvalue weighted by Gasteiger charge is 2.29. The maximum atomic E-state index is 11.9. The number of rotatable bonds is 5. The Labute approximate surface area is 109 Å². The molecule has 8 nitrogen and oxygen atoms in total. The molecule has 0 unspecified atom stereocenters. The molecule has 2 aromatic heterocycles. The van der Waals surface area contributed by atoms with Gasteiger partial charge in [-0.05, 0) is 12.8 Å². The lowest BCUT2D eigenvalue weighted by atomic mass is 10.4. The average Bonchev–Trinajstić information content (AvgIpc) is 2.96. The number of nitrogens with zero attached hydrogens (tertiary/aromatic N) is 4. The van der Waals surface area contributed by atoms with Crippen molar-refractivity contribution in [2.24, 2.45) is 5.73 Å². The van der Waals surface area contributed by atoms with Crippen LogP contribution in [0.2, 0.25) is 0 Å². The van der Waals surface area contributed by atoms with Crippen LogP contribution in [0.15, 0.2) is 16.9 Å². The summed E-state index contributed by atoms with van der Waals surface area (Å²) in [7, 11) is 0. The number of aromatic nitrogens is 4. The molecule has 0 atom stereocenters. The third-order valence-electron chi connectivity index (χ3n) is 2.84. The second kappa shape index (κ2) is 4.81. The molecule has 2 aromatic rings. The van der Waals surface area contributed by atoms with Crippen molar-refractivity contribution in [2.45, 2.75) is 25.3 Å². The van der Waals surface area contributed by atoms with Gasteiger partial charge in [0.15, 0.2) is 0 Å². The maximum Gasteiger partial charge on any atom is 0.322 e. The molecule has 8 heteroatoms. The molecule has 1 amide bonds. The lowest BCUT2D eigenvalue weighted by Crippen LogP contribution is -2.13. The van der Waals surface area contributed by atoms with Gasteiger partial charge in [0, 0.05) is 25.2 Å². The number of hydrogen-bond acceptors (Lipinski definition) is 6. The number of amides is 1. The van der Waals surface area contributed by atoms with Gasteiger partial charge in [-0.25, -0.2) is 4.98 Å². The molecule has 2 heterocycles. The monoisotopic (exact) mass is 262 g/mol. The van der Waals surface area contributed by atoms with Crippen LogP contribution in [0.1, 0.15) is 35.1 Å². The van der Waals surface area contributed by atoms with Crippen LogP contribution in [0.4, 0.5) is 6.01 Å². The van der Waals surface area contributed by atoms with Crippen molar-refractivity contribution < 1.29 is 9.21 Å². The quantitative estimate of drug-likeness (QED) is 0.804. The normalized spacial score (nSPS) is 14.6. The van der Waals surface area contributed by atoms with Crippen molar-refractivity contribution in [1.82, 2.24) is 19.7 Å². The van der Waals surface area contributed by atoms with E-state index in [9.17, 15) is 4.79 Å². The Bertz CT molecular complexity index is 586. The fourth-order valence-corrected chi connectivity index (χ4v) is 1.69. The minimum atomic E-state index is -0.373. The number of hydrogen-bond donors (Lipinski definition) is 2. The van der Waals surface area contributed by atoms with Gasteiger partial charge in [-0.3, -0.25) is 10.1 Å². The molecular weight excluding hydrogens is 248 g/mol. The highest BCUT2D eigenvalue weighted by atomic mass is 16.4. The van der Waals surface area contributed by atoms with E-state index >= 15 is 0 Å². The van der Waals surface area contributed by atoms with Crippen LogP contribution < -0.4 is 11.1 Å². The van der Waals surface area contributed by atoms with Crippen LogP contribution in [0, 0.1) is 0 Å². The van der Waals surface area contributed by atoms with Crippen LogP contribution in [0.3, 0.4) is 0 Å². The largest absolute Gasteiger partial charge is 0.408 e. The highest BCUT2D eigenvalue weighted by molar-refractivity contribution is 6.01. The van der Waals surface area contributed by atoms with Crippen molar-refractivity contribution in [3.63, 3.8) is 0 Å². The summed E-state index contributed by atoms with van der Waals surface area (Å²) in [6.45, 7) is 1.11. The van der Waals surface area contributed by atoms with Gasteiger partial charge in [0.2, 0.25) is 5.89 Å². The summed E-state index contributed by atoms with van der Waals surface area (Å²) in [4.78, 5) is 15.9. The molecule has 0 aromatic carbocycles. The van der Waals surface area contributed by atoms with E-state index in [-0.39, 0.29) is 11.9 Å². The zero-order valence-electron chi connectivity index (χ0n) is 10.2. The fourth-order valence-electron chi connectivity index (χ4n) is 1.69. The summed E-state index contributed by atoms with van der Waals surface area (Å²) < 4.78 is 7.09. The van der Waals surface area contributed by atoms with E-state index in [0.29, 0.717) is 30.6 Å². The molecule has 1 aliphatic rings. The predicted octanol–water partition coefficient (Wildman–Crippen LogP) is 0.354. The summed E-state index contributed by atoms with van der Waals surface area (Å²) in [6.07, 6.45) is 5.32. The number of nitrogens with two attached hydrogens (primary N) is 1. The standard InChI is InChI=1S/C11H14N6O2/c12-3-4-17-5-8(13-6-17)9(18)14-11-16-15-10(19-11)7-1-2-7/h5-7H,1-4,12H2,(H,14,16,18). The summed E-state index contributed by atoms with van der Waals surface area (Å²) in [6, 6.07) is 0.111. The van der Waals surface area contributed by atoms with E-state index < -0.39 is 0 Å². The Morgan fingerprint density at radius 3 is 3.11 bits per heavy atom. The average molecular weight is 262 g/mol. The van der Waals surface area contributed by atoms with Gasteiger partial charge >= 0.3 is 6.01 Å². The Hall–Kier alpha value is -2.22. The minimum absolute atomic E-state index is 0.111. The topological polar surface area (TPSA) is 112 Å². The van der Waals surface area contributed by atoms with Gasteiger partial charge in [-0.1, -0.05) is 5.10 Å². The van der Waals surface area contributed by atoms with E-state index in [1.54, 1.807) is 17.1 Å². The molecule has 100 valence electrons. The number of carbonyl (C=O) groups is 1. The van der Waals surface area contributed by atoms with Crippen molar-refractivity contribution >= 4 is 11.9 Å². The molecule has 0 bridgehead atoms. The molecule has 0 saturated heterocycles. The first-order valence-corrected chi connectivity index (χ1v) is 6.13. The van der Waals surface area contributed by atoms with Gasteiger partial charge in [-0.15, -0.1) is 5.10 Å². The fraction of sp³-hybridized carbons (Fsp3) is 0.455. The van der Waals surface area contributed by atoms with Gasteiger partial charge in [0.25, 0.3) is 5.91 Å². The molecule has 1 saturated carbocycles. The number of nitrogens with one attached hydrogen (secondary N) is 1. The highest BCUT2D eigenvalue weighted by Crippen LogP contribution is 2.39. The van der Waals surface area contributed by atoms with Gasteiger partial charge in [0.05, 0.1) is 6.33 Å². The number of anilines is 1. The number of carbonyl (C=O) groups excluding carboxylic acids is 1. The van der Waals surface area contributed by atoms with Crippen LogP contribution in [-0.2, 0) is 6.54 Å². The van der Waals surface area contributed by atoms with Crippen LogP contribution in [-0.4, -0.2) is 32.2 Å². The van der Waals surface area contributed by atoms with Gasteiger partial charge < -0.3 is 14.7 Å². The first kappa shape index (κ1) is 11.8. The third-order valence-corrected chi connectivity index (χ3v) is 2.84. The Kier molecular flexibility index (Phi) is 3.00. The predicted molar refractivity (Wildman–Crippen MR) is 65.5 cm³/mol. The molecule has 0 spiro atoms. The van der Waals surface area contributed by atoms with E-state index in [4.69, 9.17) is 10.2 Å². The maximum absolute atomic E-state index is 11.9. The molecule has 19 heavy (non-hydrogen) atoms. The smallest absolute Gasteiger partial charge is 0.322 e. The molecule has 3 rings (SSSR count). The van der Waals surface area contributed by atoms with Crippen LogP contribution in [0.25, 0.3) is 0 Å². The second-order valence-electron chi connectivity index (χ2n) is 4.46. The Balaban J connectivity index is 1.65. The first-order valence-electron chi connectivity index (χ1n) is 6.13. The third kappa shape index (κ3) is 2.63. The van der Waals surface area contributed by atoms with Gasteiger partial charge in [-0.2, -0.15) is 0 Å². The minimum Gasteiger partial charge on any atom is -0.408 e. The SMILES string of the molecule is NCCn1cnc(C(=O)Nc2nnc(C3CC3)o2)c1. The summed E-state index contributed by atoms with van der Waals surface area (Å²) >= 11 is 0. The summed E-state index contributed by atoms with van der Waals surface area (Å²) in [5.74, 6) is 0.577. The molecular formula is C11H14N6O2. The van der Waals surface area contributed by atoms with E-state index in [1.807, 2.05) is 0 Å². The molecule has 0 radical (unpaired) electrons. The van der Waals surface area contributed by atoms with E-state index in [1.165, 1.54) is 0 Å². The molecule has 3 N–H and O–H groups in total. The number of imidazole rings is 1. The molecule has 1 fully saturated rings. The summed E-state index contributed by atoms with van der Waals surface area (Å²) in [5.41, 5.74) is 5.72. The zero-order valence-corrected chi connectivity index (χ0v) is 10.2. The molecule has 1 aliphatic carbocycles. The summed E-state index contributed by atoms with van der Waals surface area (Å²) in [5, 5.41) is 10.2. The lowest BCUT2D eigenvalue weighted by molar-refractivity contribution is 0.101. The van der Waals surface area contributed by atoms with Crippen molar-refractivity contribution in [2.75, 3.05) is 11.9 Å². The van der Waals surface area contributed by atoms with Gasteiger partial charge in [0.1, 0.15) is 5.69 Å². The Morgan fingerprint density at radius 1 is 1.53 bits per heavy atom. The lowest BCUT2D eigenvalue weighted by Gasteiger charge is -1.97. The van der Waals surface area contributed by atoms with Crippen molar-refractivity contribution in [1.29, 1.82) is 0 Å². The second-order valence-corrected chi connectivity index (χ2v) is 4.46. The van der Waals surface area contributed by atoms with E-state index in [0.717, 1.165) is 12.8 Å². The first-order chi connectivity index (χ1) is 9.26. The van der Waals surface area contributed by atoms with Crippen LogP contribution >= 0.6 is 0 Å². The van der Waals surface area contributed by atoms with Crippen molar-refractivity contribution in [3.8, 4) is 0 Å².